The van der Waals surface area contributed by atoms with Crippen LogP contribution in [0, 0.1) is 6.92 Å². The van der Waals surface area contributed by atoms with Crippen LogP contribution in [0.3, 0.4) is 0 Å². The molecule has 0 aliphatic carbocycles. The number of H-pyrrole nitrogens is 2. The zero-order chi connectivity index (χ0) is 15.4. The quantitative estimate of drug-likeness (QED) is 0.673. The lowest BCUT2D eigenvalue weighted by atomic mass is 10.1. The number of nitrogens with zero attached hydrogens (tertiary/aromatic N) is 2. The fourth-order valence-electron chi connectivity index (χ4n) is 2.29. The lowest BCUT2D eigenvalue weighted by Crippen LogP contribution is -2.25. The standard InChI is InChI=1S/C16H17N5O/c1-11-9-13(20-19-11)7-8-17-16(22)14-10-18-21-15(14)12-5-3-2-4-6-12/h2-6,9-10H,7-8H2,1H3,(H,17,22)(H,18,21)(H,19,20). The minimum atomic E-state index is -0.139. The van der Waals surface area contributed by atoms with E-state index in [1.54, 1.807) is 6.20 Å². The van der Waals surface area contributed by atoms with Crippen LogP contribution in [0.1, 0.15) is 21.7 Å². The van der Waals surface area contributed by atoms with E-state index in [4.69, 9.17) is 0 Å². The first-order chi connectivity index (χ1) is 10.7. The van der Waals surface area contributed by atoms with Crippen LogP contribution in [0.15, 0.2) is 42.6 Å². The number of benzene rings is 1. The number of aromatic nitrogens is 4. The van der Waals surface area contributed by atoms with Gasteiger partial charge in [-0.05, 0) is 13.0 Å². The molecular formula is C16H17N5O. The molecule has 2 aromatic heterocycles. The van der Waals surface area contributed by atoms with E-state index in [0.717, 1.165) is 22.6 Å². The Morgan fingerprint density at radius 3 is 2.77 bits per heavy atom. The van der Waals surface area contributed by atoms with Gasteiger partial charge in [0, 0.05) is 24.2 Å². The number of amides is 1. The van der Waals surface area contributed by atoms with Gasteiger partial charge in [-0.15, -0.1) is 0 Å². The van der Waals surface area contributed by atoms with Gasteiger partial charge in [0.2, 0.25) is 0 Å². The largest absolute Gasteiger partial charge is 0.352 e. The van der Waals surface area contributed by atoms with Crippen molar-refractivity contribution in [3.05, 3.63) is 59.5 Å². The summed E-state index contributed by atoms with van der Waals surface area (Å²) in [5, 5.41) is 16.8. The normalized spacial score (nSPS) is 10.6. The van der Waals surface area contributed by atoms with Crippen molar-refractivity contribution >= 4 is 5.91 Å². The van der Waals surface area contributed by atoms with Crippen LogP contribution in [0.4, 0.5) is 0 Å². The van der Waals surface area contributed by atoms with E-state index >= 15 is 0 Å². The Bertz CT molecular complexity index is 760. The molecule has 3 rings (SSSR count). The second-order valence-corrected chi connectivity index (χ2v) is 5.07. The Kier molecular flexibility index (Phi) is 4.00. The molecular weight excluding hydrogens is 278 g/mol. The molecule has 1 aromatic carbocycles. The summed E-state index contributed by atoms with van der Waals surface area (Å²) in [5.41, 5.74) is 4.17. The molecule has 0 aliphatic heterocycles. The summed E-state index contributed by atoms with van der Waals surface area (Å²) in [5.74, 6) is -0.139. The summed E-state index contributed by atoms with van der Waals surface area (Å²) in [6.07, 6.45) is 2.24. The van der Waals surface area contributed by atoms with Crippen molar-refractivity contribution in [1.29, 1.82) is 0 Å². The maximum Gasteiger partial charge on any atom is 0.255 e. The second kappa shape index (κ2) is 6.26. The number of aromatic amines is 2. The zero-order valence-corrected chi connectivity index (χ0v) is 12.3. The summed E-state index contributed by atoms with van der Waals surface area (Å²) in [4.78, 5) is 12.3. The third kappa shape index (κ3) is 3.06. The van der Waals surface area contributed by atoms with Gasteiger partial charge < -0.3 is 5.32 Å². The summed E-state index contributed by atoms with van der Waals surface area (Å²) < 4.78 is 0. The van der Waals surface area contributed by atoms with Crippen LogP contribution in [0.25, 0.3) is 11.3 Å². The molecule has 2 heterocycles. The molecule has 1 amide bonds. The van der Waals surface area contributed by atoms with E-state index in [0.29, 0.717) is 18.5 Å². The minimum absolute atomic E-state index is 0.139. The summed E-state index contributed by atoms with van der Waals surface area (Å²) in [6.45, 7) is 2.48. The molecule has 0 saturated heterocycles. The van der Waals surface area contributed by atoms with Gasteiger partial charge in [-0.1, -0.05) is 30.3 Å². The van der Waals surface area contributed by atoms with Crippen LogP contribution >= 0.6 is 0 Å². The number of aryl methyl sites for hydroxylation is 1. The molecule has 0 spiro atoms. The van der Waals surface area contributed by atoms with Crippen LogP contribution in [0.2, 0.25) is 0 Å². The smallest absolute Gasteiger partial charge is 0.255 e. The van der Waals surface area contributed by atoms with Gasteiger partial charge in [-0.3, -0.25) is 15.0 Å². The third-order valence-corrected chi connectivity index (χ3v) is 3.37. The number of hydrogen-bond acceptors (Lipinski definition) is 3. The van der Waals surface area contributed by atoms with Crippen molar-refractivity contribution < 1.29 is 4.79 Å². The number of rotatable bonds is 5. The predicted octanol–water partition coefficient (Wildman–Crippen LogP) is 2.08. The fraction of sp³-hybridized carbons (Fsp3) is 0.188. The van der Waals surface area contributed by atoms with Crippen molar-refractivity contribution in [2.45, 2.75) is 13.3 Å². The topological polar surface area (TPSA) is 86.5 Å². The van der Waals surface area contributed by atoms with Crippen LogP contribution in [0.5, 0.6) is 0 Å². The van der Waals surface area contributed by atoms with E-state index in [1.807, 2.05) is 43.3 Å². The number of carbonyl (C=O) groups is 1. The van der Waals surface area contributed by atoms with Gasteiger partial charge >= 0.3 is 0 Å². The maximum atomic E-state index is 12.3. The Morgan fingerprint density at radius 1 is 1.23 bits per heavy atom. The van der Waals surface area contributed by atoms with Crippen LogP contribution in [-0.2, 0) is 6.42 Å². The molecule has 0 saturated carbocycles. The average Bonchev–Trinajstić information content (AvgIpc) is 3.17. The van der Waals surface area contributed by atoms with Crippen LogP contribution in [-0.4, -0.2) is 32.8 Å². The third-order valence-electron chi connectivity index (χ3n) is 3.37. The molecule has 3 N–H and O–H groups in total. The highest BCUT2D eigenvalue weighted by Gasteiger charge is 2.14. The number of hydrogen-bond donors (Lipinski definition) is 3. The highest BCUT2D eigenvalue weighted by molar-refractivity contribution is 5.99. The molecule has 0 atom stereocenters. The Labute approximate surface area is 128 Å². The first-order valence-electron chi connectivity index (χ1n) is 7.12. The molecule has 0 fully saturated rings. The van der Waals surface area contributed by atoms with Crippen molar-refractivity contribution in [1.82, 2.24) is 25.7 Å². The molecule has 0 aliphatic rings. The van der Waals surface area contributed by atoms with Crippen molar-refractivity contribution in [2.75, 3.05) is 6.54 Å². The molecule has 6 heteroatoms. The van der Waals surface area contributed by atoms with E-state index in [1.165, 1.54) is 0 Å². The fourth-order valence-corrected chi connectivity index (χ4v) is 2.29. The minimum Gasteiger partial charge on any atom is -0.352 e. The predicted molar refractivity (Wildman–Crippen MR) is 83.4 cm³/mol. The number of nitrogens with one attached hydrogen (secondary N) is 3. The van der Waals surface area contributed by atoms with Gasteiger partial charge in [-0.25, -0.2) is 0 Å². The van der Waals surface area contributed by atoms with Gasteiger partial charge in [0.25, 0.3) is 5.91 Å². The molecule has 0 radical (unpaired) electrons. The first kappa shape index (κ1) is 14.1. The van der Waals surface area contributed by atoms with Gasteiger partial charge in [0.05, 0.1) is 23.1 Å². The van der Waals surface area contributed by atoms with E-state index in [-0.39, 0.29) is 5.91 Å². The summed E-state index contributed by atoms with van der Waals surface area (Å²) in [6, 6.07) is 11.6. The van der Waals surface area contributed by atoms with Gasteiger partial charge in [0.15, 0.2) is 0 Å². The molecule has 22 heavy (non-hydrogen) atoms. The zero-order valence-electron chi connectivity index (χ0n) is 12.3. The Balaban J connectivity index is 1.65. The lowest BCUT2D eigenvalue weighted by molar-refractivity contribution is 0.0955. The Morgan fingerprint density at radius 2 is 2.05 bits per heavy atom. The summed E-state index contributed by atoms with van der Waals surface area (Å²) >= 11 is 0. The average molecular weight is 295 g/mol. The lowest BCUT2D eigenvalue weighted by Gasteiger charge is -2.05. The summed E-state index contributed by atoms with van der Waals surface area (Å²) in [7, 11) is 0. The van der Waals surface area contributed by atoms with Gasteiger partial charge in [-0.2, -0.15) is 10.2 Å². The van der Waals surface area contributed by atoms with Gasteiger partial charge in [0.1, 0.15) is 0 Å². The number of carbonyl (C=O) groups excluding carboxylic acids is 1. The van der Waals surface area contributed by atoms with E-state index in [9.17, 15) is 4.79 Å². The Hall–Kier alpha value is -2.89. The van der Waals surface area contributed by atoms with E-state index < -0.39 is 0 Å². The monoisotopic (exact) mass is 295 g/mol. The van der Waals surface area contributed by atoms with E-state index in [2.05, 4.69) is 25.7 Å². The molecule has 0 bridgehead atoms. The van der Waals surface area contributed by atoms with Crippen molar-refractivity contribution in [3.63, 3.8) is 0 Å². The van der Waals surface area contributed by atoms with Crippen molar-refractivity contribution in [3.8, 4) is 11.3 Å². The molecule has 0 unspecified atom stereocenters. The first-order valence-corrected chi connectivity index (χ1v) is 7.12. The molecule has 3 aromatic rings. The second-order valence-electron chi connectivity index (χ2n) is 5.07. The highest BCUT2D eigenvalue weighted by atomic mass is 16.1. The molecule has 112 valence electrons. The van der Waals surface area contributed by atoms with Crippen molar-refractivity contribution in [2.24, 2.45) is 0 Å². The maximum absolute atomic E-state index is 12.3. The molecule has 6 nitrogen and oxygen atoms in total. The van der Waals surface area contributed by atoms with Crippen LogP contribution < -0.4 is 5.32 Å². The highest BCUT2D eigenvalue weighted by Crippen LogP contribution is 2.20. The SMILES string of the molecule is Cc1cc(CCNC(=O)c2cn[nH]c2-c2ccccc2)n[nH]1.